The predicted molar refractivity (Wildman–Crippen MR) is 79.3 cm³/mol. The molecule has 1 saturated heterocycles. The van der Waals surface area contributed by atoms with Crippen LogP contribution in [0.15, 0.2) is 24.3 Å². The number of rotatable bonds is 2. The third kappa shape index (κ3) is 1.81. The molecule has 2 atom stereocenters. The average molecular weight is 298 g/mol. The van der Waals surface area contributed by atoms with Crippen molar-refractivity contribution < 1.29 is 14.4 Å². The van der Waals surface area contributed by atoms with E-state index in [4.69, 9.17) is 0 Å². The zero-order chi connectivity index (χ0) is 15.3. The van der Waals surface area contributed by atoms with Crippen molar-refractivity contribution >= 4 is 17.7 Å². The van der Waals surface area contributed by atoms with E-state index in [0.717, 1.165) is 25.7 Å². The normalized spacial score (nSPS) is 30.3. The second-order valence-corrected chi connectivity index (χ2v) is 6.65. The van der Waals surface area contributed by atoms with Gasteiger partial charge in [-0.3, -0.25) is 19.3 Å². The Labute approximate surface area is 128 Å². The first-order chi connectivity index (χ1) is 10.6. The third-order valence-corrected chi connectivity index (χ3v) is 5.36. The lowest BCUT2D eigenvalue weighted by Gasteiger charge is -2.40. The van der Waals surface area contributed by atoms with Crippen molar-refractivity contribution in [1.82, 2.24) is 10.2 Å². The molecule has 5 nitrogen and oxygen atoms in total. The molecule has 0 bridgehead atoms. The summed E-state index contributed by atoms with van der Waals surface area (Å²) in [5.74, 6) is -0.402. The Bertz CT molecular complexity index is 649. The molecule has 2 aliphatic heterocycles. The van der Waals surface area contributed by atoms with Crippen molar-refractivity contribution in [2.24, 2.45) is 5.41 Å². The van der Waals surface area contributed by atoms with Gasteiger partial charge in [-0.15, -0.1) is 0 Å². The second-order valence-electron chi connectivity index (χ2n) is 6.65. The molecule has 3 amide bonds. The van der Waals surface area contributed by atoms with Gasteiger partial charge in [0.1, 0.15) is 0 Å². The zero-order valence-corrected chi connectivity index (χ0v) is 12.3. The van der Waals surface area contributed by atoms with E-state index in [-0.39, 0.29) is 29.2 Å². The quantitative estimate of drug-likeness (QED) is 0.846. The Morgan fingerprint density at radius 3 is 2.45 bits per heavy atom. The van der Waals surface area contributed by atoms with Crippen molar-refractivity contribution in [3.8, 4) is 0 Å². The Morgan fingerprint density at radius 1 is 1.09 bits per heavy atom. The van der Waals surface area contributed by atoms with Crippen molar-refractivity contribution in [3.63, 3.8) is 0 Å². The third-order valence-electron chi connectivity index (χ3n) is 5.36. The van der Waals surface area contributed by atoms with Crippen LogP contribution in [-0.4, -0.2) is 35.2 Å². The maximum atomic E-state index is 12.5. The molecule has 1 N–H and O–H groups in total. The fourth-order valence-electron chi connectivity index (χ4n) is 4.25. The molecule has 4 rings (SSSR count). The van der Waals surface area contributed by atoms with Crippen molar-refractivity contribution in [2.75, 3.05) is 6.54 Å². The summed E-state index contributed by atoms with van der Waals surface area (Å²) in [6.07, 6.45) is 4.40. The highest BCUT2D eigenvalue weighted by atomic mass is 16.2. The molecule has 1 saturated carbocycles. The van der Waals surface area contributed by atoms with E-state index in [9.17, 15) is 14.4 Å². The molecular weight excluding hydrogens is 280 g/mol. The summed E-state index contributed by atoms with van der Waals surface area (Å²) in [5.41, 5.74) is 0.685. The number of carbonyl (C=O) groups is 3. The number of benzene rings is 1. The second kappa shape index (κ2) is 4.66. The SMILES string of the molecule is O=C1CC2(CN3C(=O)c4ccccc4C3=O)CCCC[C@@H]2N1. The van der Waals surface area contributed by atoms with Crippen molar-refractivity contribution in [2.45, 2.75) is 38.1 Å². The molecule has 0 aromatic heterocycles. The van der Waals surface area contributed by atoms with Crippen molar-refractivity contribution in [1.29, 1.82) is 0 Å². The molecule has 22 heavy (non-hydrogen) atoms. The van der Waals surface area contributed by atoms with Gasteiger partial charge in [0, 0.05) is 24.4 Å². The van der Waals surface area contributed by atoms with Gasteiger partial charge in [-0.1, -0.05) is 25.0 Å². The van der Waals surface area contributed by atoms with Gasteiger partial charge >= 0.3 is 0 Å². The van der Waals surface area contributed by atoms with Crippen LogP contribution in [-0.2, 0) is 4.79 Å². The lowest BCUT2D eigenvalue weighted by atomic mass is 9.70. The highest BCUT2D eigenvalue weighted by molar-refractivity contribution is 6.21. The molecule has 0 radical (unpaired) electrons. The minimum atomic E-state index is -0.275. The van der Waals surface area contributed by atoms with Crippen molar-refractivity contribution in [3.05, 3.63) is 35.4 Å². The van der Waals surface area contributed by atoms with Crippen LogP contribution in [0.2, 0.25) is 0 Å². The van der Waals surface area contributed by atoms with Crippen LogP contribution in [0.25, 0.3) is 0 Å². The highest BCUT2D eigenvalue weighted by Crippen LogP contribution is 2.44. The summed E-state index contributed by atoms with van der Waals surface area (Å²) in [6, 6.07) is 7.04. The van der Waals surface area contributed by atoms with Gasteiger partial charge in [0.2, 0.25) is 5.91 Å². The lowest BCUT2D eigenvalue weighted by molar-refractivity contribution is -0.119. The molecule has 3 aliphatic rings. The standard InChI is InChI=1S/C17H18N2O3/c20-14-9-17(8-4-3-7-13(17)18-14)10-19-15(21)11-5-1-2-6-12(11)16(19)22/h1-2,5-6,13H,3-4,7-10H2,(H,18,20)/t13-,17?/m0/s1. The van der Waals surface area contributed by atoms with Crippen LogP contribution in [0.4, 0.5) is 0 Å². The topological polar surface area (TPSA) is 66.5 Å². The van der Waals surface area contributed by atoms with Crippen LogP contribution < -0.4 is 5.32 Å². The van der Waals surface area contributed by atoms with Crippen LogP contribution in [0.1, 0.15) is 52.8 Å². The number of amides is 3. The summed E-state index contributed by atoms with van der Waals surface area (Å²) in [6.45, 7) is 0.350. The van der Waals surface area contributed by atoms with Crippen LogP contribution >= 0.6 is 0 Å². The number of nitrogens with one attached hydrogen (secondary N) is 1. The number of hydrogen-bond donors (Lipinski definition) is 1. The molecule has 1 aliphatic carbocycles. The maximum Gasteiger partial charge on any atom is 0.261 e. The lowest BCUT2D eigenvalue weighted by Crippen LogP contribution is -2.48. The van der Waals surface area contributed by atoms with E-state index in [1.807, 2.05) is 0 Å². The molecule has 114 valence electrons. The first kappa shape index (κ1) is 13.5. The summed E-state index contributed by atoms with van der Waals surface area (Å²) in [5, 5.41) is 3.03. The Balaban J connectivity index is 1.65. The molecule has 5 heteroatoms. The Morgan fingerprint density at radius 2 is 1.77 bits per heavy atom. The monoisotopic (exact) mass is 298 g/mol. The minimum Gasteiger partial charge on any atom is -0.353 e. The van der Waals surface area contributed by atoms with Gasteiger partial charge < -0.3 is 5.32 Å². The summed E-state index contributed by atoms with van der Waals surface area (Å²) in [4.78, 5) is 38.3. The molecule has 2 heterocycles. The Kier molecular flexibility index (Phi) is 2.86. The molecule has 1 aromatic rings. The molecule has 2 fully saturated rings. The molecule has 1 aromatic carbocycles. The van der Waals surface area contributed by atoms with E-state index in [0.29, 0.717) is 24.1 Å². The Hall–Kier alpha value is -2.17. The zero-order valence-electron chi connectivity index (χ0n) is 12.3. The molecular formula is C17H18N2O3. The van der Waals surface area contributed by atoms with E-state index in [1.54, 1.807) is 24.3 Å². The number of hydrogen-bond acceptors (Lipinski definition) is 3. The summed E-state index contributed by atoms with van der Waals surface area (Å²) in [7, 11) is 0. The predicted octanol–water partition coefficient (Wildman–Crippen LogP) is 1.73. The number of fused-ring (bicyclic) bond motifs is 2. The van der Waals surface area contributed by atoms with Gasteiger partial charge in [-0.25, -0.2) is 0 Å². The van der Waals surface area contributed by atoms with Gasteiger partial charge in [-0.05, 0) is 25.0 Å². The first-order valence-corrected chi connectivity index (χ1v) is 7.85. The van der Waals surface area contributed by atoms with Crippen LogP contribution in [0.5, 0.6) is 0 Å². The minimum absolute atomic E-state index is 0.0449. The summed E-state index contributed by atoms with van der Waals surface area (Å²) < 4.78 is 0. The van der Waals surface area contributed by atoms with E-state index in [2.05, 4.69) is 5.32 Å². The number of nitrogens with zero attached hydrogens (tertiary/aromatic N) is 1. The summed E-state index contributed by atoms with van der Waals surface area (Å²) >= 11 is 0. The van der Waals surface area contributed by atoms with Gasteiger partial charge in [0.05, 0.1) is 11.1 Å². The molecule has 1 unspecified atom stereocenters. The van der Waals surface area contributed by atoms with E-state index in [1.165, 1.54) is 4.90 Å². The smallest absolute Gasteiger partial charge is 0.261 e. The average Bonchev–Trinajstić information content (AvgIpc) is 2.97. The fourth-order valence-corrected chi connectivity index (χ4v) is 4.25. The fraction of sp³-hybridized carbons (Fsp3) is 0.471. The largest absolute Gasteiger partial charge is 0.353 e. The van der Waals surface area contributed by atoms with Crippen LogP contribution in [0, 0.1) is 5.41 Å². The molecule has 0 spiro atoms. The van der Waals surface area contributed by atoms with Gasteiger partial charge in [0.25, 0.3) is 11.8 Å². The maximum absolute atomic E-state index is 12.5. The van der Waals surface area contributed by atoms with E-state index >= 15 is 0 Å². The number of imide groups is 1. The van der Waals surface area contributed by atoms with Gasteiger partial charge in [-0.2, -0.15) is 0 Å². The number of carbonyl (C=O) groups excluding carboxylic acids is 3. The van der Waals surface area contributed by atoms with Crippen LogP contribution in [0.3, 0.4) is 0 Å². The first-order valence-electron chi connectivity index (χ1n) is 7.85. The van der Waals surface area contributed by atoms with E-state index < -0.39 is 0 Å². The van der Waals surface area contributed by atoms with Gasteiger partial charge in [0.15, 0.2) is 0 Å². The highest BCUT2D eigenvalue weighted by Gasteiger charge is 2.51.